The van der Waals surface area contributed by atoms with Crippen LogP contribution in [0.5, 0.6) is 0 Å². The van der Waals surface area contributed by atoms with E-state index in [0.717, 1.165) is 44.3 Å². The van der Waals surface area contributed by atoms with Gasteiger partial charge >= 0.3 is 5.69 Å². The SMILES string of the molecule is Cn1c(=O)n(C2CCC(=O)NC2=O)c2cccc(C#CCCC3CCN(C(=O)CN)CC3)c21. The summed E-state index contributed by atoms with van der Waals surface area (Å²) in [6.45, 7) is 1.57. The van der Waals surface area contributed by atoms with Crippen LogP contribution in [0.2, 0.25) is 0 Å². The van der Waals surface area contributed by atoms with Crippen molar-refractivity contribution < 1.29 is 14.4 Å². The zero-order chi connectivity index (χ0) is 23.5. The second kappa shape index (κ2) is 9.63. The number of amides is 3. The smallest absolute Gasteiger partial charge is 0.329 e. The summed E-state index contributed by atoms with van der Waals surface area (Å²) in [5.41, 5.74) is 7.21. The molecular formula is C24H29N5O4. The summed E-state index contributed by atoms with van der Waals surface area (Å²) in [6.07, 6.45) is 4.13. The highest BCUT2D eigenvalue weighted by molar-refractivity contribution is 6.00. The molecule has 1 atom stereocenters. The number of hydrogen-bond acceptors (Lipinski definition) is 5. The van der Waals surface area contributed by atoms with Gasteiger partial charge in [-0.05, 0) is 43.7 Å². The van der Waals surface area contributed by atoms with E-state index in [4.69, 9.17) is 5.73 Å². The minimum atomic E-state index is -0.709. The van der Waals surface area contributed by atoms with Crippen molar-refractivity contribution in [1.82, 2.24) is 19.4 Å². The summed E-state index contributed by atoms with van der Waals surface area (Å²) in [5.74, 6) is 6.23. The van der Waals surface area contributed by atoms with Crippen LogP contribution >= 0.6 is 0 Å². The average Bonchev–Trinajstić information content (AvgIpc) is 3.07. The molecule has 2 saturated heterocycles. The third-order valence-electron chi connectivity index (χ3n) is 6.67. The maximum Gasteiger partial charge on any atom is 0.329 e. The number of benzene rings is 1. The first-order valence-electron chi connectivity index (χ1n) is 11.4. The first kappa shape index (κ1) is 22.8. The number of likely N-dealkylation sites (tertiary alicyclic amines) is 1. The fourth-order valence-electron chi connectivity index (χ4n) is 4.80. The molecule has 0 bridgehead atoms. The van der Waals surface area contributed by atoms with Crippen LogP contribution in [-0.4, -0.2) is 51.4 Å². The van der Waals surface area contributed by atoms with Gasteiger partial charge in [-0.25, -0.2) is 4.79 Å². The van der Waals surface area contributed by atoms with Gasteiger partial charge in [0.1, 0.15) is 6.04 Å². The monoisotopic (exact) mass is 451 g/mol. The second-order valence-corrected chi connectivity index (χ2v) is 8.72. The summed E-state index contributed by atoms with van der Waals surface area (Å²) < 4.78 is 2.99. The second-order valence-electron chi connectivity index (χ2n) is 8.72. The fourth-order valence-corrected chi connectivity index (χ4v) is 4.80. The van der Waals surface area contributed by atoms with Crippen molar-refractivity contribution in [3.8, 4) is 11.8 Å². The lowest BCUT2D eigenvalue weighted by molar-refractivity contribution is -0.136. The Hall–Kier alpha value is -3.38. The number of nitrogens with two attached hydrogens (primary N) is 1. The Bertz CT molecular complexity index is 1210. The molecule has 1 aromatic carbocycles. The van der Waals surface area contributed by atoms with E-state index in [1.165, 1.54) is 9.13 Å². The van der Waals surface area contributed by atoms with Gasteiger partial charge in [-0.15, -0.1) is 0 Å². The van der Waals surface area contributed by atoms with Crippen LogP contribution in [-0.2, 0) is 21.4 Å². The number of aryl methyl sites for hydroxylation is 1. The van der Waals surface area contributed by atoms with Crippen LogP contribution in [0.1, 0.15) is 50.1 Å². The van der Waals surface area contributed by atoms with E-state index in [0.29, 0.717) is 23.4 Å². The summed E-state index contributed by atoms with van der Waals surface area (Å²) >= 11 is 0. The number of nitrogens with one attached hydrogen (secondary N) is 1. The number of fused-ring (bicyclic) bond motifs is 1. The van der Waals surface area contributed by atoms with Gasteiger partial charge in [0.15, 0.2) is 0 Å². The first-order valence-corrected chi connectivity index (χ1v) is 11.4. The van der Waals surface area contributed by atoms with Crippen LogP contribution in [0.3, 0.4) is 0 Å². The molecule has 2 aliphatic rings. The molecule has 2 aromatic rings. The largest absolute Gasteiger partial charge is 0.342 e. The van der Waals surface area contributed by atoms with Gasteiger partial charge in [0.05, 0.1) is 23.1 Å². The summed E-state index contributed by atoms with van der Waals surface area (Å²) in [5, 5.41) is 2.33. The first-order chi connectivity index (χ1) is 15.9. The number of carbonyl (C=O) groups excluding carboxylic acids is 3. The topological polar surface area (TPSA) is 119 Å². The molecule has 1 unspecified atom stereocenters. The quantitative estimate of drug-likeness (QED) is 0.522. The van der Waals surface area contributed by atoms with Crippen molar-refractivity contribution in [3.63, 3.8) is 0 Å². The molecule has 174 valence electrons. The fraction of sp³-hybridized carbons (Fsp3) is 0.500. The number of nitrogens with zero attached hydrogens (tertiary/aromatic N) is 3. The number of imide groups is 1. The zero-order valence-corrected chi connectivity index (χ0v) is 18.8. The molecule has 4 rings (SSSR count). The van der Waals surface area contributed by atoms with E-state index in [-0.39, 0.29) is 30.5 Å². The van der Waals surface area contributed by atoms with Crippen molar-refractivity contribution >= 4 is 28.8 Å². The minimum absolute atomic E-state index is 0.0104. The molecule has 33 heavy (non-hydrogen) atoms. The molecule has 2 fully saturated rings. The van der Waals surface area contributed by atoms with Crippen LogP contribution < -0.4 is 16.7 Å². The molecule has 0 saturated carbocycles. The van der Waals surface area contributed by atoms with Gasteiger partial charge in [-0.2, -0.15) is 0 Å². The van der Waals surface area contributed by atoms with Crippen LogP contribution in [0.4, 0.5) is 0 Å². The van der Waals surface area contributed by atoms with Crippen molar-refractivity contribution in [3.05, 3.63) is 34.2 Å². The summed E-state index contributed by atoms with van der Waals surface area (Å²) in [4.78, 5) is 50.4. The molecule has 3 amide bonds. The maximum atomic E-state index is 13.0. The lowest BCUT2D eigenvalue weighted by atomic mass is 9.92. The molecular weight excluding hydrogens is 422 g/mol. The molecule has 1 aromatic heterocycles. The molecule has 9 nitrogen and oxygen atoms in total. The summed E-state index contributed by atoms with van der Waals surface area (Å²) in [6, 6.07) is 4.81. The predicted octanol–water partition coefficient (Wildman–Crippen LogP) is 0.647. The number of imidazole rings is 1. The highest BCUT2D eigenvalue weighted by Crippen LogP contribution is 2.25. The van der Waals surface area contributed by atoms with E-state index in [1.807, 2.05) is 23.1 Å². The van der Waals surface area contributed by atoms with Gasteiger partial charge < -0.3 is 10.6 Å². The molecule has 3 N–H and O–H groups in total. The van der Waals surface area contributed by atoms with Gasteiger partial charge in [-0.1, -0.05) is 17.9 Å². The standard InChI is InChI=1S/C24H29N5O4/c1-27-22-17(6-3-2-5-16-11-13-28(14-12-16)21(31)15-25)7-4-8-18(22)29(24(27)33)19-9-10-20(30)26-23(19)32/h4,7-8,16,19H,2,5,9-15,25H2,1H3,(H,26,30,32). The molecule has 0 aliphatic carbocycles. The van der Waals surface area contributed by atoms with Gasteiger partial charge in [0.2, 0.25) is 17.7 Å². The number of aromatic nitrogens is 2. The highest BCUT2D eigenvalue weighted by Gasteiger charge is 2.31. The highest BCUT2D eigenvalue weighted by atomic mass is 16.2. The van der Waals surface area contributed by atoms with Crippen molar-refractivity contribution in [2.24, 2.45) is 18.7 Å². The van der Waals surface area contributed by atoms with Gasteiger partial charge in [0, 0.05) is 33.0 Å². The van der Waals surface area contributed by atoms with E-state index in [9.17, 15) is 19.2 Å². The van der Waals surface area contributed by atoms with Crippen LogP contribution in [0, 0.1) is 17.8 Å². The Morgan fingerprint density at radius 1 is 1.18 bits per heavy atom. The average molecular weight is 452 g/mol. The molecule has 2 aliphatic heterocycles. The van der Waals surface area contributed by atoms with E-state index < -0.39 is 11.9 Å². The number of hydrogen-bond donors (Lipinski definition) is 2. The minimum Gasteiger partial charge on any atom is -0.342 e. The van der Waals surface area contributed by atoms with Gasteiger partial charge in [-0.3, -0.25) is 28.8 Å². The normalized spacial score (nSPS) is 19.3. The van der Waals surface area contributed by atoms with Crippen molar-refractivity contribution in [2.75, 3.05) is 19.6 Å². The molecule has 9 heteroatoms. The number of carbonyl (C=O) groups is 3. The lowest BCUT2D eigenvalue weighted by Crippen LogP contribution is -2.44. The van der Waals surface area contributed by atoms with Crippen LogP contribution in [0.25, 0.3) is 11.0 Å². The van der Waals surface area contributed by atoms with Crippen molar-refractivity contribution in [1.29, 1.82) is 0 Å². The summed E-state index contributed by atoms with van der Waals surface area (Å²) in [7, 11) is 1.68. The van der Waals surface area contributed by atoms with Crippen molar-refractivity contribution in [2.45, 2.75) is 44.6 Å². The Morgan fingerprint density at radius 3 is 2.64 bits per heavy atom. The molecule has 3 heterocycles. The van der Waals surface area contributed by atoms with E-state index in [2.05, 4.69) is 17.2 Å². The Labute approximate surface area is 191 Å². The predicted molar refractivity (Wildman–Crippen MR) is 123 cm³/mol. The number of piperidine rings is 2. The maximum absolute atomic E-state index is 13.0. The zero-order valence-electron chi connectivity index (χ0n) is 18.8. The Balaban J connectivity index is 1.49. The molecule has 0 spiro atoms. The molecule has 0 radical (unpaired) electrons. The number of para-hydroxylation sites is 1. The van der Waals surface area contributed by atoms with E-state index >= 15 is 0 Å². The Morgan fingerprint density at radius 2 is 1.94 bits per heavy atom. The third kappa shape index (κ3) is 4.57. The lowest BCUT2D eigenvalue weighted by Gasteiger charge is -2.31. The number of rotatable bonds is 4. The van der Waals surface area contributed by atoms with Gasteiger partial charge in [0.25, 0.3) is 0 Å². The Kier molecular flexibility index (Phi) is 6.65. The van der Waals surface area contributed by atoms with E-state index in [1.54, 1.807) is 7.05 Å². The van der Waals surface area contributed by atoms with Crippen LogP contribution in [0.15, 0.2) is 23.0 Å². The third-order valence-corrected chi connectivity index (χ3v) is 6.67.